The Morgan fingerprint density at radius 1 is 1.17 bits per heavy atom. The molecule has 2 aromatic carbocycles. The molecule has 1 atom stereocenters. The van der Waals surface area contributed by atoms with Gasteiger partial charge >= 0.3 is 0 Å². The van der Waals surface area contributed by atoms with Crippen LogP contribution < -0.4 is 24.3 Å². The third-order valence-corrected chi connectivity index (χ3v) is 4.28. The third kappa shape index (κ3) is 3.37. The first-order chi connectivity index (χ1) is 11.6. The number of rotatable bonds is 6. The van der Waals surface area contributed by atoms with E-state index in [2.05, 4.69) is 12.2 Å². The molecule has 0 bridgehead atoms. The Morgan fingerprint density at radius 2 is 2.00 bits per heavy atom. The summed E-state index contributed by atoms with van der Waals surface area (Å²) < 4.78 is 21.5. The zero-order chi connectivity index (χ0) is 17.1. The number of benzene rings is 2. The maximum Gasteiger partial charge on any atom is 0.231 e. The van der Waals surface area contributed by atoms with Crippen LogP contribution in [0.4, 0.5) is 0 Å². The lowest BCUT2D eigenvalue weighted by Crippen LogP contribution is -2.18. The molecule has 1 aliphatic rings. The standard InChI is InChI=1S/C18H20ClNO4/c1-11(14-8-13(21-2)4-5-16(14)22-3)20-9-12-6-15(19)18-17(7-12)23-10-24-18/h4-8,11,20H,9-10H2,1-3H3. The van der Waals surface area contributed by atoms with E-state index < -0.39 is 0 Å². The maximum atomic E-state index is 6.23. The van der Waals surface area contributed by atoms with Crippen molar-refractivity contribution in [1.29, 1.82) is 0 Å². The van der Waals surface area contributed by atoms with Crippen LogP contribution in [0, 0.1) is 0 Å². The Morgan fingerprint density at radius 3 is 2.75 bits per heavy atom. The summed E-state index contributed by atoms with van der Waals surface area (Å²) in [5, 5.41) is 4.03. The molecular weight excluding hydrogens is 330 g/mol. The van der Waals surface area contributed by atoms with Crippen LogP contribution in [-0.4, -0.2) is 21.0 Å². The zero-order valence-electron chi connectivity index (χ0n) is 13.9. The van der Waals surface area contributed by atoms with Crippen LogP contribution in [0.2, 0.25) is 5.02 Å². The number of methoxy groups -OCH3 is 2. The molecule has 3 rings (SSSR count). The summed E-state index contributed by atoms with van der Waals surface area (Å²) in [6, 6.07) is 9.66. The van der Waals surface area contributed by atoms with Crippen molar-refractivity contribution in [1.82, 2.24) is 5.32 Å². The van der Waals surface area contributed by atoms with Gasteiger partial charge in [-0.25, -0.2) is 0 Å². The summed E-state index contributed by atoms with van der Waals surface area (Å²) in [7, 11) is 3.31. The highest BCUT2D eigenvalue weighted by Crippen LogP contribution is 2.40. The molecule has 5 nitrogen and oxygen atoms in total. The molecule has 0 saturated carbocycles. The van der Waals surface area contributed by atoms with Crippen molar-refractivity contribution in [2.45, 2.75) is 19.5 Å². The zero-order valence-corrected chi connectivity index (χ0v) is 14.6. The SMILES string of the molecule is COc1ccc(OC)c(C(C)NCc2cc(Cl)c3c(c2)OCO3)c1. The normalized spacial score (nSPS) is 13.7. The average Bonchev–Trinajstić information content (AvgIpc) is 3.08. The largest absolute Gasteiger partial charge is 0.497 e. The second kappa shape index (κ2) is 7.20. The summed E-state index contributed by atoms with van der Waals surface area (Å²) in [5.74, 6) is 2.92. The molecule has 0 radical (unpaired) electrons. The van der Waals surface area contributed by atoms with Crippen molar-refractivity contribution in [3.05, 3.63) is 46.5 Å². The average molecular weight is 350 g/mol. The fourth-order valence-electron chi connectivity index (χ4n) is 2.68. The van der Waals surface area contributed by atoms with Gasteiger partial charge in [-0.15, -0.1) is 0 Å². The smallest absolute Gasteiger partial charge is 0.231 e. The van der Waals surface area contributed by atoms with Crippen LogP contribution in [0.3, 0.4) is 0 Å². The lowest BCUT2D eigenvalue weighted by Gasteiger charge is -2.18. The van der Waals surface area contributed by atoms with E-state index in [1.165, 1.54) is 0 Å². The van der Waals surface area contributed by atoms with Crippen LogP contribution in [0.5, 0.6) is 23.0 Å². The van der Waals surface area contributed by atoms with Gasteiger partial charge in [-0.3, -0.25) is 0 Å². The van der Waals surface area contributed by atoms with E-state index >= 15 is 0 Å². The molecule has 128 valence electrons. The van der Waals surface area contributed by atoms with Gasteiger partial charge in [0.15, 0.2) is 11.5 Å². The highest BCUT2D eigenvalue weighted by atomic mass is 35.5. The van der Waals surface area contributed by atoms with E-state index in [0.717, 1.165) is 22.6 Å². The first kappa shape index (κ1) is 16.7. The number of fused-ring (bicyclic) bond motifs is 1. The monoisotopic (exact) mass is 349 g/mol. The minimum absolute atomic E-state index is 0.0687. The van der Waals surface area contributed by atoms with Gasteiger partial charge in [-0.1, -0.05) is 11.6 Å². The lowest BCUT2D eigenvalue weighted by atomic mass is 10.1. The van der Waals surface area contributed by atoms with Crippen molar-refractivity contribution in [3.63, 3.8) is 0 Å². The van der Waals surface area contributed by atoms with Crippen LogP contribution >= 0.6 is 11.6 Å². The van der Waals surface area contributed by atoms with Gasteiger partial charge in [-0.05, 0) is 42.8 Å². The van der Waals surface area contributed by atoms with Crippen LogP contribution in [0.25, 0.3) is 0 Å². The molecule has 1 aliphatic heterocycles. The van der Waals surface area contributed by atoms with Gasteiger partial charge in [0, 0.05) is 18.2 Å². The summed E-state index contributed by atoms with van der Waals surface area (Å²) in [6.45, 7) is 2.92. The van der Waals surface area contributed by atoms with Gasteiger partial charge < -0.3 is 24.3 Å². The number of nitrogens with one attached hydrogen (secondary N) is 1. The molecule has 0 aliphatic carbocycles. The van der Waals surface area contributed by atoms with Crippen molar-refractivity contribution < 1.29 is 18.9 Å². The Bertz CT molecular complexity index is 735. The predicted octanol–water partition coefficient (Wildman–Crippen LogP) is 3.94. The molecule has 2 aromatic rings. The van der Waals surface area contributed by atoms with Crippen molar-refractivity contribution in [2.75, 3.05) is 21.0 Å². The van der Waals surface area contributed by atoms with Gasteiger partial charge in [0.25, 0.3) is 0 Å². The van der Waals surface area contributed by atoms with Crippen LogP contribution in [0.1, 0.15) is 24.1 Å². The van der Waals surface area contributed by atoms with Crippen molar-refractivity contribution in [3.8, 4) is 23.0 Å². The third-order valence-electron chi connectivity index (χ3n) is 4.00. The summed E-state index contributed by atoms with van der Waals surface area (Å²) in [5.41, 5.74) is 2.06. The number of halogens is 1. The summed E-state index contributed by atoms with van der Waals surface area (Å²) >= 11 is 6.23. The molecule has 1 heterocycles. The van der Waals surface area contributed by atoms with Crippen LogP contribution in [0.15, 0.2) is 30.3 Å². The molecule has 24 heavy (non-hydrogen) atoms. The summed E-state index contributed by atoms with van der Waals surface area (Å²) in [4.78, 5) is 0. The molecule has 0 amide bonds. The molecule has 0 saturated heterocycles. The van der Waals surface area contributed by atoms with Crippen molar-refractivity contribution in [2.24, 2.45) is 0 Å². The number of ether oxygens (including phenoxy) is 4. The topological polar surface area (TPSA) is 49.0 Å². The first-order valence-corrected chi connectivity index (χ1v) is 8.03. The Hall–Kier alpha value is -2.11. The minimum Gasteiger partial charge on any atom is -0.497 e. The van der Waals surface area contributed by atoms with E-state index in [0.29, 0.717) is 23.1 Å². The number of hydrogen-bond donors (Lipinski definition) is 1. The fraction of sp³-hybridized carbons (Fsp3) is 0.333. The number of hydrogen-bond acceptors (Lipinski definition) is 5. The minimum atomic E-state index is 0.0687. The predicted molar refractivity (Wildman–Crippen MR) is 92.4 cm³/mol. The highest BCUT2D eigenvalue weighted by molar-refractivity contribution is 6.32. The second-order valence-corrected chi connectivity index (χ2v) is 5.93. The fourth-order valence-corrected chi connectivity index (χ4v) is 2.97. The Labute approximate surface area is 146 Å². The molecule has 0 aromatic heterocycles. The van der Waals surface area contributed by atoms with Gasteiger partial charge in [-0.2, -0.15) is 0 Å². The maximum absolute atomic E-state index is 6.23. The van der Waals surface area contributed by atoms with E-state index in [-0.39, 0.29) is 12.8 Å². The first-order valence-electron chi connectivity index (χ1n) is 7.65. The van der Waals surface area contributed by atoms with E-state index in [1.54, 1.807) is 14.2 Å². The molecule has 0 fully saturated rings. The van der Waals surface area contributed by atoms with Crippen molar-refractivity contribution >= 4 is 11.6 Å². The quantitative estimate of drug-likeness (QED) is 0.856. The van der Waals surface area contributed by atoms with Gasteiger partial charge in [0.2, 0.25) is 6.79 Å². The van der Waals surface area contributed by atoms with E-state index in [1.807, 2.05) is 30.3 Å². The van der Waals surface area contributed by atoms with Gasteiger partial charge in [0.1, 0.15) is 11.5 Å². The van der Waals surface area contributed by atoms with Crippen LogP contribution in [-0.2, 0) is 6.54 Å². The Kier molecular flexibility index (Phi) is 5.02. The molecule has 1 unspecified atom stereocenters. The summed E-state index contributed by atoms with van der Waals surface area (Å²) in [6.07, 6.45) is 0. The van der Waals surface area contributed by atoms with Gasteiger partial charge in [0.05, 0.1) is 19.2 Å². The van der Waals surface area contributed by atoms with E-state index in [4.69, 9.17) is 30.5 Å². The Balaban J connectivity index is 1.74. The lowest BCUT2D eigenvalue weighted by molar-refractivity contribution is 0.174. The molecule has 1 N–H and O–H groups in total. The molecule has 6 heteroatoms. The second-order valence-electron chi connectivity index (χ2n) is 5.52. The molecule has 0 spiro atoms. The molecular formula is C18H20ClNO4. The highest BCUT2D eigenvalue weighted by Gasteiger charge is 2.19. The van der Waals surface area contributed by atoms with E-state index in [9.17, 15) is 0 Å².